The Balaban J connectivity index is 1.69. The number of aliphatic hydroxyl groups is 1. The van der Waals surface area contributed by atoms with Crippen LogP contribution in [0.25, 0.3) is 0 Å². The number of likely N-dealkylation sites (tertiary alicyclic amines) is 1. The van der Waals surface area contributed by atoms with Crippen molar-refractivity contribution in [3.8, 4) is 0 Å². The minimum absolute atomic E-state index is 0.0136. The Hall–Kier alpha value is -1.98. The van der Waals surface area contributed by atoms with Crippen molar-refractivity contribution in [3.05, 3.63) is 57.8 Å². The summed E-state index contributed by atoms with van der Waals surface area (Å²) in [7, 11) is 0. The van der Waals surface area contributed by atoms with E-state index in [-0.39, 0.29) is 23.7 Å². The van der Waals surface area contributed by atoms with E-state index < -0.39 is 0 Å². The lowest BCUT2D eigenvalue weighted by Gasteiger charge is -2.42. The molecule has 0 saturated carbocycles. The number of carbonyl (C=O) groups is 2. The van der Waals surface area contributed by atoms with Gasteiger partial charge in [0.05, 0.1) is 17.0 Å². The van der Waals surface area contributed by atoms with E-state index in [1.165, 1.54) is 23.8 Å². The summed E-state index contributed by atoms with van der Waals surface area (Å²) in [5.41, 5.74) is 1.59. The second kappa shape index (κ2) is 8.14. The van der Waals surface area contributed by atoms with Gasteiger partial charge in [-0.05, 0) is 44.2 Å². The largest absolute Gasteiger partial charge is 0.396 e. The fourth-order valence-corrected chi connectivity index (χ4v) is 4.45. The predicted molar refractivity (Wildman–Crippen MR) is 104 cm³/mol. The molecule has 4 nitrogen and oxygen atoms in total. The number of benzene rings is 1. The Morgan fingerprint density at radius 2 is 2.04 bits per heavy atom. The molecule has 1 N–H and O–H groups in total. The molecule has 1 aromatic carbocycles. The molecule has 1 aromatic heterocycles. The molecule has 0 unspecified atom stereocenters. The Morgan fingerprint density at radius 1 is 1.27 bits per heavy atom. The Bertz CT molecular complexity index is 771. The maximum Gasteiger partial charge on any atom is 0.254 e. The lowest BCUT2D eigenvalue weighted by atomic mass is 9.76. The molecule has 2 aromatic rings. The molecule has 0 radical (unpaired) electrons. The zero-order chi connectivity index (χ0) is 18.6. The molecule has 1 amide bonds. The number of aryl methyl sites for hydroxylation is 1. The van der Waals surface area contributed by atoms with E-state index in [1.54, 1.807) is 11.4 Å². The van der Waals surface area contributed by atoms with Crippen molar-refractivity contribution >= 4 is 23.0 Å². The van der Waals surface area contributed by atoms with Gasteiger partial charge in [-0.3, -0.25) is 9.59 Å². The van der Waals surface area contributed by atoms with Crippen molar-refractivity contribution in [1.82, 2.24) is 4.90 Å². The van der Waals surface area contributed by atoms with Gasteiger partial charge in [0, 0.05) is 23.9 Å². The molecule has 1 fully saturated rings. The molecule has 0 spiro atoms. The van der Waals surface area contributed by atoms with E-state index in [0.29, 0.717) is 23.5 Å². The topological polar surface area (TPSA) is 57.6 Å². The van der Waals surface area contributed by atoms with Crippen molar-refractivity contribution in [2.24, 2.45) is 5.41 Å². The van der Waals surface area contributed by atoms with Crippen molar-refractivity contribution in [1.29, 1.82) is 0 Å². The minimum atomic E-state index is -0.247. The quantitative estimate of drug-likeness (QED) is 0.786. The summed E-state index contributed by atoms with van der Waals surface area (Å²) in [6.45, 7) is 2.88. The summed E-state index contributed by atoms with van der Waals surface area (Å²) in [4.78, 5) is 26.8. The van der Waals surface area contributed by atoms with Crippen LogP contribution in [-0.2, 0) is 6.42 Å². The zero-order valence-electron chi connectivity index (χ0n) is 15.1. The van der Waals surface area contributed by atoms with Gasteiger partial charge in [0.25, 0.3) is 5.91 Å². The number of Topliss-reactive ketones (excluding diaryl/α,β-unsaturated/α-hetero) is 1. The van der Waals surface area contributed by atoms with Crippen LogP contribution in [0, 0.1) is 5.41 Å². The maximum absolute atomic E-state index is 12.9. The molecular formula is C21H25NO3S. The van der Waals surface area contributed by atoms with Gasteiger partial charge in [-0.1, -0.05) is 30.3 Å². The maximum atomic E-state index is 12.9. The number of carbonyl (C=O) groups excluding carboxylic acids is 2. The van der Waals surface area contributed by atoms with E-state index in [1.807, 2.05) is 23.1 Å². The smallest absolute Gasteiger partial charge is 0.254 e. The highest BCUT2D eigenvalue weighted by Gasteiger charge is 2.36. The van der Waals surface area contributed by atoms with Crippen LogP contribution in [0.15, 0.2) is 41.8 Å². The summed E-state index contributed by atoms with van der Waals surface area (Å²) in [6, 6.07) is 12.0. The fraction of sp³-hybridized carbons (Fsp3) is 0.429. The number of piperidine rings is 1. The Morgan fingerprint density at radius 3 is 2.69 bits per heavy atom. The third-order valence-corrected chi connectivity index (χ3v) is 6.30. The number of aliphatic hydroxyl groups excluding tert-OH is 1. The number of ketones is 1. The number of thiophene rings is 1. The van der Waals surface area contributed by atoms with Gasteiger partial charge >= 0.3 is 0 Å². The summed E-state index contributed by atoms with van der Waals surface area (Å²) in [5.74, 6) is -0.0498. The summed E-state index contributed by atoms with van der Waals surface area (Å²) in [5, 5.41) is 11.8. The second-order valence-electron chi connectivity index (χ2n) is 7.23. The standard InChI is InChI=1S/C21H25NO3S/c1-16(24)19-12-18(13-26-19)20(25)22-11-5-9-21(14-22,15-23)10-8-17-6-3-2-4-7-17/h2-4,6-7,12-13,23H,5,8-11,14-15H2,1H3/t21-/m1/s1. The molecule has 1 aliphatic rings. The van der Waals surface area contributed by atoms with E-state index in [2.05, 4.69) is 12.1 Å². The first kappa shape index (κ1) is 18.8. The molecule has 26 heavy (non-hydrogen) atoms. The van der Waals surface area contributed by atoms with Crippen molar-refractivity contribution in [2.75, 3.05) is 19.7 Å². The molecule has 1 saturated heterocycles. The zero-order valence-corrected chi connectivity index (χ0v) is 15.9. The van der Waals surface area contributed by atoms with Crippen LogP contribution >= 0.6 is 11.3 Å². The molecule has 1 aliphatic heterocycles. The van der Waals surface area contributed by atoms with Crippen LogP contribution in [0.1, 0.15) is 51.8 Å². The highest BCUT2D eigenvalue weighted by molar-refractivity contribution is 7.12. The summed E-state index contributed by atoms with van der Waals surface area (Å²) < 4.78 is 0. The van der Waals surface area contributed by atoms with Gasteiger partial charge in [0.2, 0.25) is 0 Å². The van der Waals surface area contributed by atoms with Gasteiger partial charge in [0.15, 0.2) is 5.78 Å². The average molecular weight is 372 g/mol. The Kier molecular flexibility index (Phi) is 5.89. The highest BCUT2D eigenvalue weighted by atomic mass is 32.1. The van der Waals surface area contributed by atoms with Crippen LogP contribution in [0.4, 0.5) is 0 Å². The number of hydrogen-bond acceptors (Lipinski definition) is 4. The number of amides is 1. The molecule has 0 aliphatic carbocycles. The van der Waals surface area contributed by atoms with Gasteiger partial charge in [-0.25, -0.2) is 0 Å². The number of hydrogen-bond donors (Lipinski definition) is 1. The van der Waals surface area contributed by atoms with Crippen molar-refractivity contribution in [2.45, 2.75) is 32.6 Å². The molecule has 2 heterocycles. The van der Waals surface area contributed by atoms with E-state index >= 15 is 0 Å². The van der Waals surface area contributed by atoms with Crippen LogP contribution in [0.3, 0.4) is 0 Å². The van der Waals surface area contributed by atoms with Crippen LogP contribution in [0.2, 0.25) is 0 Å². The molecular weight excluding hydrogens is 346 g/mol. The monoisotopic (exact) mass is 371 g/mol. The van der Waals surface area contributed by atoms with E-state index in [9.17, 15) is 14.7 Å². The SMILES string of the molecule is CC(=O)c1cc(C(=O)N2CCC[C@@](CO)(CCc3ccccc3)C2)cs1. The van der Waals surface area contributed by atoms with Crippen LogP contribution < -0.4 is 0 Å². The normalized spacial score (nSPS) is 20.2. The summed E-state index contributed by atoms with van der Waals surface area (Å²) in [6.07, 6.45) is 3.59. The lowest BCUT2D eigenvalue weighted by molar-refractivity contribution is 0.0228. The van der Waals surface area contributed by atoms with Gasteiger partial charge in [-0.2, -0.15) is 0 Å². The van der Waals surface area contributed by atoms with Gasteiger partial charge in [-0.15, -0.1) is 11.3 Å². The first-order valence-electron chi connectivity index (χ1n) is 9.06. The highest BCUT2D eigenvalue weighted by Crippen LogP contribution is 2.35. The summed E-state index contributed by atoms with van der Waals surface area (Å²) >= 11 is 1.32. The second-order valence-corrected chi connectivity index (χ2v) is 8.14. The molecule has 1 atom stereocenters. The third kappa shape index (κ3) is 4.22. The van der Waals surface area contributed by atoms with E-state index in [0.717, 1.165) is 25.7 Å². The lowest BCUT2D eigenvalue weighted by Crippen LogP contribution is -2.48. The molecule has 3 rings (SSSR count). The number of nitrogens with zero attached hydrogens (tertiary/aromatic N) is 1. The molecule has 0 bridgehead atoms. The van der Waals surface area contributed by atoms with Crippen LogP contribution in [-0.4, -0.2) is 41.4 Å². The first-order chi connectivity index (χ1) is 12.5. The van der Waals surface area contributed by atoms with Gasteiger partial charge in [0.1, 0.15) is 0 Å². The van der Waals surface area contributed by atoms with Crippen molar-refractivity contribution in [3.63, 3.8) is 0 Å². The van der Waals surface area contributed by atoms with Gasteiger partial charge < -0.3 is 10.0 Å². The number of rotatable bonds is 6. The predicted octanol–water partition coefficient (Wildman–Crippen LogP) is 3.80. The molecule has 5 heteroatoms. The van der Waals surface area contributed by atoms with Crippen molar-refractivity contribution < 1.29 is 14.7 Å². The third-order valence-electron chi connectivity index (χ3n) is 5.26. The average Bonchev–Trinajstić information content (AvgIpc) is 3.17. The Labute approximate surface area is 158 Å². The van der Waals surface area contributed by atoms with E-state index in [4.69, 9.17) is 0 Å². The minimum Gasteiger partial charge on any atom is -0.396 e. The van der Waals surface area contributed by atoms with Crippen LogP contribution in [0.5, 0.6) is 0 Å². The fourth-order valence-electron chi connectivity index (χ4n) is 3.66. The first-order valence-corrected chi connectivity index (χ1v) is 9.94. The molecule has 138 valence electrons.